The van der Waals surface area contributed by atoms with Crippen molar-refractivity contribution in [3.63, 3.8) is 0 Å². The van der Waals surface area contributed by atoms with Gasteiger partial charge in [0.05, 0.1) is 38.3 Å². The van der Waals surface area contributed by atoms with Crippen LogP contribution in [0.1, 0.15) is 54.0 Å². The van der Waals surface area contributed by atoms with E-state index in [0.717, 1.165) is 35.9 Å². The zero-order valence-corrected chi connectivity index (χ0v) is 25.8. The average molecular weight is 666 g/mol. The molecule has 1 heterocycles. The van der Waals surface area contributed by atoms with Crippen LogP contribution >= 0.6 is 12.2 Å². The molecule has 0 bridgehead atoms. The van der Waals surface area contributed by atoms with Gasteiger partial charge in [-0.1, -0.05) is 30.7 Å². The van der Waals surface area contributed by atoms with Crippen LogP contribution in [0.3, 0.4) is 0 Å². The number of amidine groups is 1. The van der Waals surface area contributed by atoms with Gasteiger partial charge in [0.25, 0.3) is 0 Å². The summed E-state index contributed by atoms with van der Waals surface area (Å²) in [5.74, 6) is 0.322. The van der Waals surface area contributed by atoms with E-state index in [1.165, 1.54) is 23.1 Å². The monoisotopic (exact) mass is 665 g/mol. The molecular weight excluding hydrogens is 641 g/mol. The van der Waals surface area contributed by atoms with E-state index in [-0.39, 0.29) is 28.5 Å². The lowest BCUT2D eigenvalue weighted by Gasteiger charge is -2.44. The second-order valence-corrected chi connectivity index (χ2v) is 12.7. The largest absolute Gasteiger partial charge is 0.417 e. The van der Waals surface area contributed by atoms with Crippen LogP contribution in [0.5, 0.6) is 0 Å². The second-order valence-electron chi connectivity index (χ2n) is 10.5. The topological polar surface area (TPSA) is 54.7 Å². The fourth-order valence-corrected chi connectivity index (χ4v) is 7.22. The molecule has 14 heteroatoms. The molecule has 1 saturated carbocycles. The quantitative estimate of drug-likeness (QED) is 0.211. The SMILES string of the molecule is CCc1ccc(N2C(=S)N(c3ccc(C)cc3)C3(CCC3)C2=NS(=S)Nc2ccc(C#N)c(C(F)(F)F)c2)cc1C(F)(F)F. The molecule has 1 spiro atoms. The van der Waals surface area contributed by atoms with Gasteiger partial charge in [0.15, 0.2) is 10.9 Å². The summed E-state index contributed by atoms with van der Waals surface area (Å²) in [6.45, 7) is 3.57. The number of aryl methyl sites for hydroxylation is 2. The lowest BCUT2D eigenvalue weighted by molar-refractivity contribution is -0.138. The molecule has 0 amide bonds. The molecule has 1 aliphatic heterocycles. The summed E-state index contributed by atoms with van der Waals surface area (Å²) in [7, 11) is -1.56. The molecule has 1 saturated heterocycles. The molecule has 2 aliphatic rings. The summed E-state index contributed by atoms with van der Waals surface area (Å²) >= 11 is 11.5. The number of anilines is 3. The van der Waals surface area contributed by atoms with E-state index in [2.05, 4.69) is 4.72 Å². The molecule has 3 aromatic carbocycles. The number of benzene rings is 3. The van der Waals surface area contributed by atoms with Crippen molar-refractivity contribution < 1.29 is 26.3 Å². The summed E-state index contributed by atoms with van der Waals surface area (Å²) in [6.07, 6.45) is -7.25. The van der Waals surface area contributed by atoms with Crippen LogP contribution in [0.25, 0.3) is 0 Å². The van der Waals surface area contributed by atoms with Crippen LogP contribution in [-0.4, -0.2) is 16.5 Å². The van der Waals surface area contributed by atoms with E-state index in [4.69, 9.17) is 33.1 Å². The first-order valence-electron chi connectivity index (χ1n) is 13.5. The van der Waals surface area contributed by atoms with Crippen molar-refractivity contribution in [3.8, 4) is 6.07 Å². The molecule has 2 fully saturated rings. The lowest BCUT2D eigenvalue weighted by atomic mass is 9.75. The summed E-state index contributed by atoms with van der Waals surface area (Å²) in [5.41, 5.74) is -1.24. The third-order valence-electron chi connectivity index (χ3n) is 7.77. The minimum absolute atomic E-state index is 0.00385. The highest BCUT2D eigenvalue weighted by atomic mass is 32.8. The highest BCUT2D eigenvalue weighted by molar-refractivity contribution is 8.28. The van der Waals surface area contributed by atoms with Crippen LogP contribution in [0, 0.1) is 18.3 Å². The molecule has 230 valence electrons. The molecule has 0 aromatic heterocycles. The number of thiocarbonyl (C=S) groups is 1. The Bertz CT molecular complexity index is 1710. The zero-order valence-electron chi connectivity index (χ0n) is 23.4. The van der Waals surface area contributed by atoms with E-state index >= 15 is 0 Å². The van der Waals surface area contributed by atoms with Crippen LogP contribution in [0.4, 0.5) is 43.4 Å². The first-order chi connectivity index (χ1) is 20.7. The van der Waals surface area contributed by atoms with E-state index in [9.17, 15) is 26.3 Å². The van der Waals surface area contributed by atoms with E-state index in [0.29, 0.717) is 18.7 Å². The number of hydrogen-bond donors (Lipinski definition) is 1. The predicted octanol–water partition coefficient (Wildman–Crippen LogP) is 8.42. The predicted molar refractivity (Wildman–Crippen MR) is 168 cm³/mol. The first-order valence-corrected chi connectivity index (χ1v) is 16.0. The van der Waals surface area contributed by atoms with Crippen molar-refractivity contribution in [3.05, 3.63) is 88.5 Å². The van der Waals surface area contributed by atoms with Gasteiger partial charge >= 0.3 is 12.4 Å². The van der Waals surface area contributed by atoms with Crippen LogP contribution < -0.4 is 14.5 Å². The maximum absolute atomic E-state index is 14.1. The fraction of sp³-hybridized carbons (Fsp3) is 0.300. The maximum Gasteiger partial charge on any atom is 0.417 e. The molecule has 44 heavy (non-hydrogen) atoms. The summed E-state index contributed by atoms with van der Waals surface area (Å²) in [5, 5.41) is 9.35. The Morgan fingerprint density at radius 1 is 0.955 bits per heavy atom. The van der Waals surface area contributed by atoms with E-state index in [1.54, 1.807) is 13.0 Å². The van der Waals surface area contributed by atoms with Gasteiger partial charge in [-0.3, -0.25) is 4.90 Å². The number of nitrogens with one attached hydrogen (secondary N) is 1. The van der Waals surface area contributed by atoms with Crippen molar-refractivity contribution in [1.82, 2.24) is 0 Å². The Balaban J connectivity index is 1.63. The summed E-state index contributed by atoms with van der Waals surface area (Å²) in [4.78, 5) is 3.39. The molecule has 3 aromatic rings. The molecule has 5 rings (SSSR count). The number of nitrogens with zero attached hydrogens (tertiary/aromatic N) is 4. The summed E-state index contributed by atoms with van der Waals surface area (Å²) < 4.78 is 90.6. The van der Waals surface area contributed by atoms with Crippen LogP contribution in [-0.2, 0) is 39.8 Å². The Labute approximate surface area is 263 Å². The van der Waals surface area contributed by atoms with Crippen LogP contribution in [0.2, 0.25) is 0 Å². The molecule has 1 atom stereocenters. The molecular formula is C30H25F6N5S3. The van der Waals surface area contributed by atoms with Gasteiger partial charge in [-0.25, -0.2) is 0 Å². The fourth-order valence-electron chi connectivity index (χ4n) is 5.47. The molecule has 0 radical (unpaired) electrons. The Morgan fingerprint density at radius 2 is 1.59 bits per heavy atom. The highest BCUT2D eigenvalue weighted by Gasteiger charge is 2.58. The van der Waals surface area contributed by atoms with Gasteiger partial charge in [-0.15, -0.1) is 0 Å². The number of rotatable bonds is 6. The Kier molecular flexibility index (Phi) is 8.52. The van der Waals surface area contributed by atoms with Gasteiger partial charge in [-0.2, -0.15) is 36.0 Å². The van der Waals surface area contributed by atoms with Gasteiger partial charge in [0.2, 0.25) is 0 Å². The van der Waals surface area contributed by atoms with Crippen molar-refractivity contribution in [1.29, 1.82) is 5.26 Å². The summed E-state index contributed by atoms with van der Waals surface area (Å²) in [6, 6.07) is 16.3. The third-order valence-corrected chi connectivity index (χ3v) is 9.36. The van der Waals surface area contributed by atoms with E-state index < -0.39 is 44.4 Å². The standard InChI is InChI=1S/C30H25F6N5S3/c1-3-19-8-12-23(16-25(19)30(34,35)36)40-26(28(13-4-14-28)41(27(40)42)22-10-5-18(2)6-11-22)39-44(43)38-21-9-7-20(17-37)24(15-21)29(31,32)33/h5-12,15-16,38H,3-4,13-14H2,1-2H3. The lowest BCUT2D eigenvalue weighted by Crippen LogP contribution is -2.55. The maximum atomic E-state index is 14.1. The Hall–Kier alpha value is -3.54. The van der Waals surface area contributed by atoms with Gasteiger partial charge in [0, 0.05) is 11.4 Å². The first kappa shape index (κ1) is 31.9. The van der Waals surface area contributed by atoms with Crippen molar-refractivity contribution in [2.75, 3.05) is 14.5 Å². The molecule has 1 N–H and O–H groups in total. The third kappa shape index (κ3) is 5.80. The number of nitriles is 1. The average Bonchev–Trinajstić information content (AvgIpc) is 3.20. The van der Waals surface area contributed by atoms with E-state index in [1.807, 2.05) is 36.1 Å². The molecule has 1 unspecified atom stereocenters. The van der Waals surface area contributed by atoms with Gasteiger partial charge in [-0.05, 0) is 104 Å². The second kappa shape index (κ2) is 11.8. The van der Waals surface area contributed by atoms with Gasteiger partial charge in [0.1, 0.15) is 5.54 Å². The zero-order chi connectivity index (χ0) is 32.0. The van der Waals surface area contributed by atoms with Crippen molar-refractivity contribution in [2.45, 2.75) is 57.4 Å². The number of halogens is 6. The minimum Gasteiger partial charge on any atom is -0.309 e. The Morgan fingerprint density at radius 3 is 2.14 bits per heavy atom. The minimum atomic E-state index is -4.77. The normalized spacial score (nSPS) is 18.0. The van der Waals surface area contributed by atoms with Crippen LogP contribution in [0.15, 0.2) is 65.1 Å². The van der Waals surface area contributed by atoms with Crippen molar-refractivity contribution in [2.24, 2.45) is 4.40 Å². The number of alkyl halides is 6. The van der Waals surface area contributed by atoms with Gasteiger partial charge < -0.3 is 9.62 Å². The highest BCUT2D eigenvalue weighted by Crippen LogP contribution is 2.49. The van der Waals surface area contributed by atoms with Crippen molar-refractivity contribution >= 4 is 61.2 Å². The molecule has 1 aliphatic carbocycles. The number of hydrogen-bond acceptors (Lipinski definition) is 3. The molecule has 5 nitrogen and oxygen atoms in total. The smallest absolute Gasteiger partial charge is 0.309 e.